The number of nitrogens with zero attached hydrogens (tertiary/aromatic N) is 1. The summed E-state index contributed by atoms with van der Waals surface area (Å²) < 4.78 is 12.9. The Hall–Kier alpha value is -1.89. The topological polar surface area (TPSA) is 35.8 Å². The second-order valence-corrected chi connectivity index (χ2v) is 5.63. The van der Waals surface area contributed by atoms with Crippen LogP contribution in [0, 0.1) is 11.3 Å². The van der Waals surface area contributed by atoms with Crippen molar-refractivity contribution in [2.45, 2.75) is 18.0 Å². The summed E-state index contributed by atoms with van der Waals surface area (Å²) in [6.45, 7) is -0.457. The Labute approximate surface area is 128 Å². The third kappa shape index (κ3) is 2.65. The molecule has 0 radical (unpaired) electrons. The van der Waals surface area contributed by atoms with E-state index in [0.717, 1.165) is 16.7 Å². The summed E-state index contributed by atoms with van der Waals surface area (Å²) in [5.41, 5.74) is 3.16. The van der Waals surface area contributed by atoms with Gasteiger partial charge in [0.05, 0.1) is 6.07 Å². The van der Waals surface area contributed by atoms with Gasteiger partial charge >= 0.3 is 0 Å². The molecule has 2 nitrogen and oxygen atoms in total. The lowest BCUT2D eigenvalue weighted by Crippen LogP contribution is -2.59. The number of rotatable bonds is 3. The average Bonchev–Trinajstić information content (AvgIpc) is 2.49. The van der Waals surface area contributed by atoms with Gasteiger partial charge in [0.1, 0.15) is 12.7 Å². The van der Waals surface area contributed by atoms with E-state index in [9.17, 15) is 4.39 Å². The molecule has 21 heavy (non-hydrogen) atoms. The van der Waals surface area contributed by atoms with Gasteiger partial charge in [-0.15, -0.1) is 0 Å². The summed E-state index contributed by atoms with van der Waals surface area (Å²) in [6.07, 6.45) is 0. The molecule has 0 spiro atoms. The predicted molar refractivity (Wildman–Crippen MR) is 81.9 cm³/mol. The lowest BCUT2D eigenvalue weighted by molar-refractivity contribution is 0.210. The Morgan fingerprint density at radius 1 is 1.05 bits per heavy atom. The quantitative estimate of drug-likeness (QED) is 0.932. The highest BCUT2D eigenvalue weighted by molar-refractivity contribution is 6.30. The van der Waals surface area contributed by atoms with E-state index >= 15 is 0 Å². The summed E-state index contributed by atoms with van der Waals surface area (Å²) in [5, 5.41) is 12.7. The SMILES string of the molecule is N#C[C@@H]1N[C@@H](CF)[C@@H]1c1ccc(-c2ccc(Cl)cc2)cc1. The van der Waals surface area contributed by atoms with Crippen molar-refractivity contribution in [1.29, 1.82) is 5.26 Å². The average molecular weight is 301 g/mol. The van der Waals surface area contributed by atoms with Gasteiger partial charge in [-0.3, -0.25) is 5.32 Å². The molecule has 1 N–H and O–H groups in total. The summed E-state index contributed by atoms with van der Waals surface area (Å²) in [4.78, 5) is 0. The van der Waals surface area contributed by atoms with E-state index in [2.05, 4.69) is 11.4 Å². The van der Waals surface area contributed by atoms with Crippen molar-refractivity contribution in [3.05, 3.63) is 59.1 Å². The number of nitrogens with one attached hydrogen (secondary N) is 1. The molecule has 0 unspecified atom stereocenters. The van der Waals surface area contributed by atoms with Crippen molar-refractivity contribution in [2.75, 3.05) is 6.67 Å². The zero-order valence-electron chi connectivity index (χ0n) is 11.3. The first-order valence-corrected chi connectivity index (χ1v) is 7.18. The molecule has 1 aliphatic rings. The third-order valence-corrected chi connectivity index (χ3v) is 4.22. The minimum Gasteiger partial charge on any atom is -0.295 e. The van der Waals surface area contributed by atoms with E-state index in [1.807, 2.05) is 48.5 Å². The number of halogens is 2. The van der Waals surface area contributed by atoms with Gasteiger partial charge in [0.25, 0.3) is 0 Å². The molecule has 1 heterocycles. The fourth-order valence-electron chi connectivity index (χ4n) is 2.77. The maximum Gasteiger partial charge on any atom is 0.105 e. The predicted octanol–water partition coefficient (Wildman–Crippen LogP) is 3.92. The van der Waals surface area contributed by atoms with Gasteiger partial charge in [0.15, 0.2) is 0 Å². The molecular weight excluding hydrogens is 287 g/mol. The first kappa shape index (κ1) is 14.1. The second kappa shape index (κ2) is 5.85. The molecule has 0 saturated carbocycles. The summed E-state index contributed by atoms with van der Waals surface area (Å²) in [5.74, 6) is -0.0701. The third-order valence-electron chi connectivity index (χ3n) is 3.96. The molecule has 2 aromatic rings. The highest BCUT2D eigenvalue weighted by Gasteiger charge is 2.41. The minimum absolute atomic E-state index is 0.0701. The van der Waals surface area contributed by atoms with Crippen molar-refractivity contribution in [3.8, 4) is 17.2 Å². The largest absolute Gasteiger partial charge is 0.295 e. The number of nitriles is 1. The van der Waals surface area contributed by atoms with Crippen LogP contribution in [0.5, 0.6) is 0 Å². The van der Waals surface area contributed by atoms with Gasteiger partial charge in [-0.2, -0.15) is 5.26 Å². The molecular formula is C17H14ClFN2. The Morgan fingerprint density at radius 2 is 1.62 bits per heavy atom. The zero-order chi connectivity index (χ0) is 14.8. The molecule has 1 fully saturated rings. The van der Waals surface area contributed by atoms with Gasteiger partial charge in [-0.05, 0) is 28.8 Å². The monoisotopic (exact) mass is 300 g/mol. The number of benzene rings is 2. The molecule has 0 aromatic heterocycles. The molecule has 0 bridgehead atoms. The lowest BCUT2D eigenvalue weighted by atomic mass is 9.78. The Morgan fingerprint density at radius 3 is 2.14 bits per heavy atom. The van der Waals surface area contributed by atoms with Gasteiger partial charge in [0, 0.05) is 17.0 Å². The van der Waals surface area contributed by atoms with Crippen LogP contribution in [0.15, 0.2) is 48.5 Å². The van der Waals surface area contributed by atoms with E-state index in [0.29, 0.717) is 5.02 Å². The molecule has 3 atom stereocenters. The van der Waals surface area contributed by atoms with Crippen LogP contribution in [-0.2, 0) is 0 Å². The molecule has 106 valence electrons. The second-order valence-electron chi connectivity index (χ2n) is 5.19. The van der Waals surface area contributed by atoms with E-state index in [4.69, 9.17) is 16.9 Å². The molecule has 2 aromatic carbocycles. The fourth-order valence-corrected chi connectivity index (χ4v) is 2.90. The first-order valence-electron chi connectivity index (χ1n) is 6.80. The van der Waals surface area contributed by atoms with Crippen LogP contribution in [0.1, 0.15) is 11.5 Å². The van der Waals surface area contributed by atoms with Gasteiger partial charge in [0.2, 0.25) is 0 Å². The van der Waals surface area contributed by atoms with Crippen molar-refractivity contribution < 1.29 is 4.39 Å². The maximum atomic E-state index is 12.9. The molecule has 0 amide bonds. The van der Waals surface area contributed by atoms with E-state index in [1.165, 1.54) is 0 Å². The molecule has 1 saturated heterocycles. The van der Waals surface area contributed by atoms with Crippen LogP contribution in [0.4, 0.5) is 4.39 Å². The lowest BCUT2D eigenvalue weighted by Gasteiger charge is -2.41. The van der Waals surface area contributed by atoms with Crippen molar-refractivity contribution in [3.63, 3.8) is 0 Å². The number of hydrogen-bond acceptors (Lipinski definition) is 2. The van der Waals surface area contributed by atoms with Gasteiger partial charge in [-0.1, -0.05) is 48.0 Å². The van der Waals surface area contributed by atoms with Crippen LogP contribution in [0.3, 0.4) is 0 Å². The number of alkyl halides is 1. The maximum absolute atomic E-state index is 12.9. The van der Waals surface area contributed by atoms with Crippen LogP contribution >= 0.6 is 11.6 Å². The molecule has 3 rings (SSSR count). The van der Waals surface area contributed by atoms with Crippen LogP contribution in [-0.4, -0.2) is 18.8 Å². The van der Waals surface area contributed by atoms with Crippen LogP contribution in [0.25, 0.3) is 11.1 Å². The van der Waals surface area contributed by atoms with E-state index < -0.39 is 6.67 Å². The Kier molecular flexibility index (Phi) is 3.92. The fraction of sp³-hybridized carbons (Fsp3) is 0.235. The summed E-state index contributed by atoms with van der Waals surface area (Å²) in [7, 11) is 0. The summed E-state index contributed by atoms with van der Waals surface area (Å²) >= 11 is 5.88. The molecule has 4 heteroatoms. The summed E-state index contributed by atoms with van der Waals surface area (Å²) in [6, 6.07) is 17.2. The van der Waals surface area contributed by atoms with E-state index in [1.54, 1.807) is 0 Å². The van der Waals surface area contributed by atoms with Gasteiger partial charge in [-0.25, -0.2) is 4.39 Å². The molecule has 0 aliphatic carbocycles. The van der Waals surface area contributed by atoms with Crippen molar-refractivity contribution >= 4 is 11.6 Å². The van der Waals surface area contributed by atoms with Crippen LogP contribution in [0.2, 0.25) is 5.02 Å². The van der Waals surface area contributed by atoms with E-state index in [-0.39, 0.29) is 18.0 Å². The molecule has 1 aliphatic heterocycles. The smallest absolute Gasteiger partial charge is 0.105 e. The first-order chi connectivity index (χ1) is 10.2. The number of hydrogen-bond donors (Lipinski definition) is 1. The highest BCUT2D eigenvalue weighted by atomic mass is 35.5. The zero-order valence-corrected chi connectivity index (χ0v) is 12.0. The Bertz CT molecular complexity index is 661. The minimum atomic E-state index is -0.457. The Balaban J connectivity index is 1.84. The van der Waals surface area contributed by atoms with Crippen molar-refractivity contribution in [2.24, 2.45) is 0 Å². The normalized spacial score (nSPS) is 24.1. The van der Waals surface area contributed by atoms with Crippen LogP contribution < -0.4 is 5.32 Å². The highest BCUT2D eigenvalue weighted by Crippen LogP contribution is 2.33. The van der Waals surface area contributed by atoms with Crippen molar-refractivity contribution in [1.82, 2.24) is 5.32 Å². The standard InChI is InChI=1S/C17H14ClFN2/c18-14-7-5-12(6-8-14)11-1-3-13(4-2-11)17-15(9-19)21-16(17)10-20/h1-8,15-17,21H,9H2/t15-,16-,17-/m0/s1. The van der Waals surface area contributed by atoms with Gasteiger partial charge < -0.3 is 0 Å².